The second-order valence-electron chi connectivity index (χ2n) is 6.08. The summed E-state index contributed by atoms with van der Waals surface area (Å²) in [7, 11) is 0. The molecule has 0 bridgehead atoms. The Kier molecular flexibility index (Phi) is 4.23. The summed E-state index contributed by atoms with van der Waals surface area (Å²) in [6, 6.07) is 5.75. The summed E-state index contributed by atoms with van der Waals surface area (Å²) in [5.74, 6) is 1.48. The number of benzene rings is 1. The number of nitrogen functional groups attached to an aromatic ring is 1. The third-order valence-electron chi connectivity index (χ3n) is 3.91. The van der Waals surface area contributed by atoms with Gasteiger partial charge < -0.3 is 15.2 Å². The van der Waals surface area contributed by atoms with Crippen molar-refractivity contribution in [2.45, 2.75) is 52.6 Å². The molecule has 0 unspecified atom stereocenters. The lowest BCUT2D eigenvalue weighted by molar-refractivity contribution is 0.0992. The normalized spacial score (nSPS) is 19.1. The van der Waals surface area contributed by atoms with Crippen molar-refractivity contribution in [3.63, 3.8) is 0 Å². The Morgan fingerprint density at radius 1 is 1.21 bits per heavy atom. The number of nitrogens with two attached hydrogens (primary N) is 1. The number of ether oxygens (including phenoxy) is 2. The first-order valence-corrected chi connectivity index (χ1v) is 7.20. The first kappa shape index (κ1) is 14.0. The van der Waals surface area contributed by atoms with Crippen LogP contribution < -0.4 is 15.2 Å². The first-order chi connectivity index (χ1) is 9.02. The van der Waals surface area contributed by atoms with Crippen LogP contribution in [0.25, 0.3) is 0 Å². The van der Waals surface area contributed by atoms with Gasteiger partial charge in [-0.05, 0) is 50.2 Å². The fourth-order valence-corrected chi connectivity index (χ4v) is 2.58. The van der Waals surface area contributed by atoms with E-state index in [2.05, 4.69) is 13.8 Å². The molecule has 1 saturated carbocycles. The van der Waals surface area contributed by atoms with Crippen LogP contribution >= 0.6 is 0 Å². The Morgan fingerprint density at radius 2 is 1.84 bits per heavy atom. The highest BCUT2D eigenvalue weighted by molar-refractivity contribution is 5.62. The van der Waals surface area contributed by atoms with Gasteiger partial charge in [0.05, 0.1) is 12.7 Å². The Hall–Kier alpha value is -1.38. The lowest BCUT2D eigenvalue weighted by Gasteiger charge is -2.34. The van der Waals surface area contributed by atoms with E-state index in [1.165, 1.54) is 12.8 Å². The van der Waals surface area contributed by atoms with E-state index in [0.29, 0.717) is 17.7 Å². The van der Waals surface area contributed by atoms with E-state index in [9.17, 15) is 0 Å². The number of anilines is 1. The van der Waals surface area contributed by atoms with Crippen LogP contribution in [-0.4, -0.2) is 12.7 Å². The minimum absolute atomic E-state index is 0.284. The Morgan fingerprint density at radius 3 is 2.47 bits per heavy atom. The Bertz CT molecular complexity index is 419. The van der Waals surface area contributed by atoms with Crippen molar-refractivity contribution in [2.75, 3.05) is 12.3 Å². The summed E-state index contributed by atoms with van der Waals surface area (Å²) in [5, 5.41) is 0. The molecule has 0 spiro atoms. The third kappa shape index (κ3) is 3.55. The van der Waals surface area contributed by atoms with E-state index >= 15 is 0 Å². The van der Waals surface area contributed by atoms with Gasteiger partial charge in [0.1, 0.15) is 17.2 Å². The number of hydrogen-bond acceptors (Lipinski definition) is 3. The summed E-state index contributed by atoms with van der Waals surface area (Å²) >= 11 is 0. The van der Waals surface area contributed by atoms with Crippen molar-refractivity contribution >= 4 is 5.69 Å². The molecule has 1 fully saturated rings. The van der Waals surface area contributed by atoms with E-state index in [-0.39, 0.29) is 6.10 Å². The molecular weight excluding hydrogens is 238 g/mol. The SMILES string of the molecule is CCOc1cccc(OC2CCC(C)(C)CC2)c1N. The van der Waals surface area contributed by atoms with Crippen molar-refractivity contribution < 1.29 is 9.47 Å². The zero-order chi connectivity index (χ0) is 13.9. The van der Waals surface area contributed by atoms with E-state index in [4.69, 9.17) is 15.2 Å². The molecule has 1 aromatic rings. The van der Waals surface area contributed by atoms with Crippen LogP contribution in [0.5, 0.6) is 11.5 Å². The molecule has 0 amide bonds. The molecule has 0 radical (unpaired) electrons. The van der Waals surface area contributed by atoms with Crippen LogP contribution in [0.1, 0.15) is 46.5 Å². The molecule has 2 N–H and O–H groups in total. The van der Waals surface area contributed by atoms with Crippen molar-refractivity contribution in [3.8, 4) is 11.5 Å². The molecule has 1 aromatic carbocycles. The fraction of sp³-hybridized carbons (Fsp3) is 0.625. The van der Waals surface area contributed by atoms with Gasteiger partial charge >= 0.3 is 0 Å². The largest absolute Gasteiger partial charge is 0.492 e. The standard InChI is InChI=1S/C16H25NO2/c1-4-18-13-6-5-7-14(15(13)17)19-12-8-10-16(2,3)11-9-12/h5-7,12H,4,8-11,17H2,1-3H3. The minimum atomic E-state index is 0.284. The van der Waals surface area contributed by atoms with Gasteiger partial charge in [-0.3, -0.25) is 0 Å². The molecule has 0 aliphatic heterocycles. The zero-order valence-electron chi connectivity index (χ0n) is 12.2. The smallest absolute Gasteiger partial charge is 0.146 e. The van der Waals surface area contributed by atoms with Crippen molar-refractivity contribution in [3.05, 3.63) is 18.2 Å². The maximum absolute atomic E-state index is 6.09. The first-order valence-electron chi connectivity index (χ1n) is 7.20. The van der Waals surface area contributed by atoms with E-state index in [0.717, 1.165) is 24.3 Å². The summed E-state index contributed by atoms with van der Waals surface area (Å²) in [6.45, 7) is 7.22. The van der Waals surface area contributed by atoms with E-state index in [1.54, 1.807) is 0 Å². The number of hydrogen-bond donors (Lipinski definition) is 1. The van der Waals surface area contributed by atoms with Crippen LogP contribution in [0.4, 0.5) is 5.69 Å². The molecule has 1 aliphatic rings. The van der Waals surface area contributed by atoms with E-state index < -0.39 is 0 Å². The minimum Gasteiger partial charge on any atom is -0.492 e. The summed E-state index contributed by atoms with van der Waals surface area (Å²) in [5.41, 5.74) is 7.17. The average molecular weight is 263 g/mol. The van der Waals surface area contributed by atoms with Gasteiger partial charge in [-0.1, -0.05) is 19.9 Å². The lowest BCUT2D eigenvalue weighted by Crippen LogP contribution is -2.28. The second kappa shape index (κ2) is 5.72. The fourth-order valence-electron chi connectivity index (χ4n) is 2.58. The number of para-hydroxylation sites is 1. The van der Waals surface area contributed by atoms with Crippen LogP contribution in [0.3, 0.4) is 0 Å². The monoisotopic (exact) mass is 263 g/mol. The van der Waals surface area contributed by atoms with Crippen molar-refractivity contribution in [2.24, 2.45) is 5.41 Å². The number of rotatable bonds is 4. The third-order valence-corrected chi connectivity index (χ3v) is 3.91. The summed E-state index contributed by atoms with van der Waals surface area (Å²) in [6.07, 6.45) is 4.91. The molecular formula is C16H25NO2. The van der Waals surface area contributed by atoms with Gasteiger partial charge in [0, 0.05) is 0 Å². The predicted octanol–water partition coefficient (Wildman–Crippen LogP) is 4.02. The summed E-state index contributed by atoms with van der Waals surface area (Å²) in [4.78, 5) is 0. The molecule has 106 valence electrons. The van der Waals surface area contributed by atoms with Crippen molar-refractivity contribution in [1.82, 2.24) is 0 Å². The summed E-state index contributed by atoms with van der Waals surface area (Å²) < 4.78 is 11.6. The van der Waals surface area contributed by atoms with Gasteiger partial charge in [0.15, 0.2) is 0 Å². The second-order valence-corrected chi connectivity index (χ2v) is 6.08. The average Bonchev–Trinajstić information content (AvgIpc) is 2.37. The molecule has 19 heavy (non-hydrogen) atoms. The maximum atomic E-state index is 6.09. The highest BCUT2D eigenvalue weighted by Crippen LogP contribution is 2.38. The van der Waals surface area contributed by atoms with Gasteiger partial charge in [-0.25, -0.2) is 0 Å². The molecule has 0 atom stereocenters. The molecule has 0 saturated heterocycles. The molecule has 3 nitrogen and oxygen atoms in total. The molecule has 3 heteroatoms. The van der Waals surface area contributed by atoms with Crippen LogP contribution in [-0.2, 0) is 0 Å². The zero-order valence-corrected chi connectivity index (χ0v) is 12.2. The van der Waals surface area contributed by atoms with E-state index in [1.807, 2.05) is 25.1 Å². The maximum Gasteiger partial charge on any atom is 0.146 e. The highest BCUT2D eigenvalue weighted by Gasteiger charge is 2.28. The van der Waals surface area contributed by atoms with Crippen LogP contribution in [0.15, 0.2) is 18.2 Å². The Balaban J connectivity index is 2.02. The van der Waals surface area contributed by atoms with Crippen LogP contribution in [0.2, 0.25) is 0 Å². The molecule has 2 rings (SSSR count). The van der Waals surface area contributed by atoms with Crippen LogP contribution in [0, 0.1) is 5.41 Å². The molecule has 0 aromatic heterocycles. The predicted molar refractivity (Wildman–Crippen MR) is 78.7 cm³/mol. The highest BCUT2D eigenvalue weighted by atomic mass is 16.5. The van der Waals surface area contributed by atoms with Gasteiger partial charge in [0.25, 0.3) is 0 Å². The van der Waals surface area contributed by atoms with Gasteiger partial charge in [0.2, 0.25) is 0 Å². The lowest BCUT2D eigenvalue weighted by atomic mass is 9.76. The van der Waals surface area contributed by atoms with Crippen molar-refractivity contribution in [1.29, 1.82) is 0 Å². The molecule has 0 heterocycles. The molecule has 1 aliphatic carbocycles. The van der Waals surface area contributed by atoms with Gasteiger partial charge in [-0.2, -0.15) is 0 Å². The van der Waals surface area contributed by atoms with Gasteiger partial charge in [-0.15, -0.1) is 0 Å². The Labute approximate surface area is 116 Å². The topological polar surface area (TPSA) is 44.5 Å². The quantitative estimate of drug-likeness (QED) is 0.835.